The summed E-state index contributed by atoms with van der Waals surface area (Å²) in [6.45, 7) is 3.84. The van der Waals surface area contributed by atoms with Crippen molar-refractivity contribution in [2.75, 3.05) is 18.0 Å². The Morgan fingerprint density at radius 2 is 1.96 bits per heavy atom. The highest BCUT2D eigenvalue weighted by Crippen LogP contribution is 2.32. The molecule has 3 rings (SSSR count). The third kappa shape index (κ3) is 3.94. The fourth-order valence-corrected chi connectivity index (χ4v) is 5.46. The lowest BCUT2D eigenvalue weighted by Gasteiger charge is -2.32. The summed E-state index contributed by atoms with van der Waals surface area (Å²) < 4.78 is 28.1. The first-order valence-corrected chi connectivity index (χ1v) is 10.8. The molecule has 130 valence electrons. The van der Waals surface area contributed by atoms with E-state index in [4.69, 9.17) is 11.6 Å². The molecule has 0 amide bonds. The zero-order chi connectivity index (χ0) is 17.2. The molecule has 0 spiro atoms. The molecule has 1 saturated heterocycles. The first-order valence-electron chi connectivity index (χ1n) is 8.07. The lowest BCUT2D eigenvalue weighted by Crippen LogP contribution is -2.32. The highest BCUT2D eigenvalue weighted by atomic mass is 35.5. The molecule has 1 aromatic heterocycles. The second-order valence-corrected chi connectivity index (χ2v) is 9.35. The molecule has 7 heteroatoms. The van der Waals surface area contributed by atoms with E-state index in [0.29, 0.717) is 9.23 Å². The van der Waals surface area contributed by atoms with Gasteiger partial charge in [0.2, 0.25) is 0 Å². The first-order chi connectivity index (χ1) is 11.5. The predicted molar refractivity (Wildman–Crippen MR) is 101 cm³/mol. The SMILES string of the molecule is CC(NS(=O)(=O)c1cccs1)c1ccc(Cl)cc1N1CCCCC1. The summed E-state index contributed by atoms with van der Waals surface area (Å²) in [5, 5.41) is 2.44. The smallest absolute Gasteiger partial charge is 0.250 e. The van der Waals surface area contributed by atoms with Gasteiger partial charge in [0.25, 0.3) is 10.0 Å². The lowest BCUT2D eigenvalue weighted by molar-refractivity contribution is 0.562. The third-order valence-corrected chi connectivity index (χ3v) is 7.42. The minimum absolute atomic E-state index is 0.328. The van der Waals surface area contributed by atoms with Gasteiger partial charge in [0.1, 0.15) is 4.21 Å². The van der Waals surface area contributed by atoms with Gasteiger partial charge in [0.05, 0.1) is 0 Å². The highest BCUT2D eigenvalue weighted by molar-refractivity contribution is 7.91. The van der Waals surface area contributed by atoms with Crippen molar-refractivity contribution in [2.24, 2.45) is 0 Å². The molecule has 24 heavy (non-hydrogen) atoms. The van der Waals surface area contributed by atoms with Gasteiger partial charge in [-0.2, -0.15) is 0 Å². The summed E-state index contributed by atoms with van der Waals surface area (Å²) >= 11 is 7.41. The van der Waals surface area contributed by atoms with Crippen LogP contribution >= 0.6 is 22.9 Å². The number of halogens is 1. The van der Waals surface area contributed by atoms with Crippen molar-refractivity contribution < 1.29 is 8.42 Å². The Morgan fingerprint density at radius 3 is 2.62 bits per heavy atom. The van der Waals surface area contributed by atoms with Crippen LogP contribution in [0.25, 0.3) is 0 Å². The van der Waals surface area contributed by atoms with Gasteiger partial charge in [-0.1, -0.05) is 23.7 Å². The van der Waals surface area contributed by atoms with E-state index in [0.717, 1.165) is 37.2 Å². The fourth-order valence-electron chi connectivity index (χ4n) is 3.06. The number of thiophene rings is 1. The maximum Gasteiger partial charge on any atom is 0.250 e. The van der Waals surface area contributed by atoms with Gasteiger partial charge < -0.3 is 4.90 Å². The molecule has 4 nitrogen and oxygen atoms in total. The monoisotopic (exact) mass is 384 g/mol. The fraction of sp³-hybridized carbons (Fsp3) is 0.412. The van der Waals surface area contributed by atoms with Crippen molar-refractivity contribution in [2.45, 2.75) is 36.4 Å². The van der Waals surface area contributed by atoms with Crippen LogP contribution in [-0.4, -0.2) is 21.5 Å². The van der Waals surface area contributed by atoms with Gasteiger partial charge in [-0.05, 0) is 55.3 Å². The van der Waals surface area contributed by atoms with Crippen LogP contribution in [0.4, 0.5) is 5.69 Å². The van der Waals surface area contributed by atoms with Gasteiger partial charge in [0.15, 0.2) is 0 Å². The molecule has 1 aromatic carbocycles. The number of hydrogen-bond donors (Lipinski definition) is 1. The molecule has 0 radical (unpaired) electrons. The van der Waals surface area contributed by atoms with Gasteiger partial charge in [-0.3, -0.25) is 0 Å². The number of hydrogen-bond acceptors (Lipinski definition) is 4. The maximum atomic E-state index is 12.5. The van der Waals surface area contributed by atoms with E-state index >= 15 is 0 Å². The van der Waals surface area contributed by atoms with Gasteiger partial charge in [0, 0.05) is 29.8 Å². The van der Waals surface area contributed by atoms with E-state index in [9.17, 15) is 8.42 Å². The van der Waals surface area contributed by atoms with Gasteiger partial charge in [-0.25, -0.2) is 13.1 Å². The minimum atomic E-state index is -3.50. The molecular formula is C17H21ClN2O2S2. The summed E-state index contributed by atoms with van der Waals surface area (Å²) in [6.07, 6.45) is 3.55. The maximum absolute atomic E-state index is 12.5. The molecule has 1 fully saturated rings. The molecule has 1 unspecified atom stereocenters. The largest absolute Gasteiger partial charge is 0.371 e. The molecule has 0 aliphatic carbocycles. The number of anilines is 1. The van der Waals surface area contributed by atoms with Crippen LogP contribution in [0.1, 0.15) is 37.8 Å². The van der Waals surface area contributed by atoms with E-state index in [-0.39, 0.29) is 6.04 Å². The summed E-state index contributed by atoms with van der Waals surface area (Å²) in [6, 6.07) is 8.72. The molecule has 2 heterocycles. The van der Waals surface area contributed by atoms with Crippen LogP contribution in [0.5, 0.6) is 0 Å². The second kappa shape index (κ2) is 7.44. The van der Waals surface area contributed by atoms with Gasteiger partial charge >= 0.3 is 0 Å². The summed E-state index contributed by atoms with van der Waals surface area (Å²) in [5.41, 5.74) is 1.99. The lowest BCUT2D eigenvalue weighted by atomic mass is 10.0. The number of benzene rings is 1. The Balaban J connectivity index is 1.88. The third-order valence-electron chi connectivity index (χ3n) is 4.25. The highest BCUT2D eigenvalue weighted by Gasteiger charge is 2.23. The van der Waals surface area contributed by atoms with E-state index in [2.05, 4.69) is 9.62 Å². The Labute approximate surface area is 152 Å². The summed E-state index contributed by atoms with van der Waals surface area (Å²) in [4.78, 5) is 2.31. The van der Waals surface area contributed by atoms with Gasteiger partial charge in [-0.15, -0.1) is 11.3 Å². The van der Waals surface area contributed by atoms with Crippen molar-refractivity contribution in [3.05, 3.63) is 46.3 Å². The topological polar surface area (TPSA) is 49.4 Å². The molecule has 0 saturated carbocycles. The quantitative estimate of drug-likeness (QED) is 0.829. The van der Waals surface area contributed by atoms with Crippen molar-refractivity contribution >= 4 is 38.6 Å². The van der Waals surface area contributed by atoms with Crippen LogP contribution < -0.4 is 9.62 Å². The zero-order valence-corrected chi connectivity index (χ0v) is 15.9. The Morgan fingerprint density at radius 1 is 1.21 bits per heavy atom. The second-order valence-electron chi connectivity index (χ2n) is 6.03. The van der Waals surface area contributed by atoms with Crippen molar-refractivity contribution in [1.82, 2.24) is 4.72 Å². The molecular weight excluding hydrogens is 364 g/mol. The van der Waals surface area contributed by atoms with Crippen LogP contribution in [0, 0.1) is 0 Å². The molecule has 0 bridgehead atoms. The number of nitrogens with one attached hydrogen (secondary N) is 1. The molecule has 1 aliphatic heterocycles. The molecule has 2 aromatic rings. The molecule has 1 N–H and O–H groups in total. The number of rotatable bonds is 5. The van der Waals surface area contributed by atoms with Crippen LogP contribution in [0.2, 0.25) is 5.02 Å². The Kier molecular flexibility index (Phi) is 5.49. The standard InChI is InChI=1S/C17H21ClN2O2S2/c1-13(19-24(21,22)17-6-5-11-23-17)15-8-7-14(18)12-16(15)20-9-3-2-4-10-20/h5-8,11-13,19H,2-4,9-10H2,1H3. The van der Waals surface area contributed by atoms with E-state index < -0.39 is 10.0 Å². The average Bonchev–Trinajstić information content (AvgIpc) is 3.10. The zero-order valence-electron chi connectivity index (χ0n) is 13.5. The number of sulfonamides is 1. The number of piperidine rings is 1. The number of nitrogens with zero attached hydrogens (tertiary/aromatic N) is 1. The summed E-state index contributed by atoms with van der Waals surface area (Å²) in [5.74, 6) is 0. The average molecular weight is 385 g/mol. The summed E-state index contributed by atoms with van der Waals surface area (Å²) in [7, 11) is -3.50. The van der Waals surface area contributed by atoms with Crippen molar-refractivity contribution in [3.63, 3.8) is 0 Å². The van der Waals surface area contributed by atoms with E-state index in [1.807, 2.05) is 25.1 Å². The molecule has 1 atom stereocenters. The van der Waals surface area contributed by atoms with E-state index in [1.54, 1.807) is 17.5 Å². The predicted octanol–water partition coefficient (Wildman–Crippen LogP) is 4.43. The minimum Gasteiger partial charge on any atom is -0.371 e. The first kappa shape index (κ1) is 17.7. The van der Waals surface area contributed by atoms with Crippen molar-refractivity contribution in [1.29, 1.82) is 0 Å². The van der Waals surface area contributed by atoms with Crippen LogP contribution in [0.3, 0.4) is 0 Å². The van der Waals surface area contributed by atoms with E-state index in [1.165, 1.54) is 17.8 Å². The molecule has 1 aliphatic rings. The normalized spacial score (nSPS) is 17.0. The van der Waals surface area contributed by atoms with Crippen LogP contribution in [-0.2, 0) is 10.0 Å². The Bertz CT molecular complexity index is 785. The van der Waals surface area contributed by atoms with Crippen molar-refractivity contribution in [3.8, 4) is 0 Å². The Hall–Kier alpha value is -1.08. The van der Waals surface area contributed by atoms with Crippen LogP contribution in [0.15, 0.2) is 39.9 Å².